The van der Waals surface area contributed by atoms with Crippen LogP contribution in [0.1, 0.15) is 15.9 Å². The van der Waals surface area contributed by atoms with Gasteiger partial charge in [0.2, 0.25) is 0 Å². The lowest BCUT2D eigenvalue weighted by molar-refractivity contribution is 0.0996. The average Bonchev–Trinajstić information content (AvgIpc) is 2.37. The number of primary amides is 1. The number of amides is 1. The van der Waals surface area contributed by atoms with Crippen molar-refractivity contribution in [1.29, 1.82) is 0 Å². The fourth-order valence-electron chi connectivity index (χ4n) is 1.62. The first-order valence-electron chi connectivity index (χ1n) is 5.59. The molecule has 0 bridgehead atoms. The van der Waals surface area contributed by atoms with Crippen LogP contribution in [0.4, 0.5) is 14.5 Å². The highest BCUT2D eigenvalue weighted by Gasteiger charge is 2.13. The Labute approximate surface area is 122 Å². The van der Waals surface area contributed by atoms with Crippen LogP contribution in [-0.4, -0.2) is 10.9 Å². The topological polar surface area (TPSA) is 68.0 Å². The number of nitrogens with zero attached hydrogens (tertiary/aromatic N) is 1. The summed E-state index contributed by atoms with van der Waals surface area (Å²) < 4.78 is 27.7. The van der Waals surface area contributed by atoms with E-state index >= 15 is 0 Å². The number of nitrogens with two attached hydrogens (primary N) is 1. The predicted octanol–water partition coefficient (Wildman–Crippen LogP) is 2.83. The average molecular weight is 342 g/mol. The number of anilines is 1. The molecule has 1 amide bonds. The molecule has 0 aliphatic rings. The highest BCUT2D eigenvalue weighted by atomic mass is 79.9. The van der Waals surface area contributed by atoms with E-state index < -0.39 is 17.5 Å². The van der Waals surface area contributed by atoms with Crippen LogP contribution in [0, 0.1) is 11.6 Å². The molecule has 0 saturated carbocycles. The number of rotatable bonds is 4. The number of carbonyl (C=O) groups is 1. The van der Waals surface area contributed by atoms with Crippen molar-refractivity contribution in [2.75, 3.05) is 5.32 Å². The monoisotopic (exact) mass is 341 g/mol. The van der Waals surface area contributed by atoms with Gasteiger partial charge in [-0.2, -0.15) is 0 Å². The van der Waals surface area contributed by atoms with Crippen LogP contribution in [0.25, 0.3) is 0 Å². The highest BCUT2D eigenvalue weighted by Crippen LogP contribution is 2.20. The summed E-state index contributed by atoms with van der Waals surface area (Å²) in [5.41, 5.74) is 5.45. The van der Waals surface area contributed by atoms with Crippen molar-refractivity contribution in [3.8, 4) is 0 Å². The Morgan fingerprint density at radius 1 is 1.25 bits per heavy atom. The number of pyridine rings is 1. The second kappa shape index (κ2) is 5.96. The number of benzene rings is 1. The second-order valence-corrected chi connectivity index (χ2v) is 4.96. The third-order valence-corrected chi connectivity index (χ3v) is 3.00. The number of halogens is 3. The quantitative estimate of drug-likeness (QED) is 0.898. The molecule has 3 N–H and O–H groups in total. The maximum Gasteiger partial charge on any atom is 0.251 e. The molecule has 20 heavy (non-hydrogen) atoms. The van der Waals surface area contributed by atoms with Crippen molar-refractivity contribution in [3.05, 3.63) is 57.8 Å². The van der Waals surface area contributed by atoms with Gasteiger partial charge in [-0.3, -0.25) is 9.78 Å². The van der Waals surface area contributed by atoms with Crippen molar-refractivity contribution < 1.29 is 13.6 Å². The summed E-state index contributed by atoms with van der Waals surface area (Å²) >= 11 is 3.27. The van der Waals surface area contributed by atoms with Gasteiger partial charge in [-0.1, -0.05) is 0 Å². The van der Waals surface area contributed by atoms with Gasteiger partial charge >= 0.3 is 0 Å². The molecule has 0 aliphatic heterocycles. The molecule has 1 aromatic carbocycles. The van der Waals surface area contributed by atoms with Crippen LogP contribution in [0.2, 0.25) is 0 Å². The molecule has 0 unspecified atom stereocenters. The van der Waals surface area contributed by atoms with Crippen molar-refractivity contribution in [2.24, 2.45) is 5.73 Å². The normalized spacial score (nSPS) is 10.3. The standard InChI is InChI=1S/C13H10BrF2N3O/c14-8-1-7(4-18-6-8)5-19-12-2-9(13(17)20)10(15)3-11(12)16/h1-4,6,19H,5H2,(H2,17,20). The molecule has 0 aliphatic carbocycles. The molecule has 0 fully saturated rings. The summed E-state index contributed by atoms with van der Waals surface area (Å²) in [7, 11) is 0. The number of aromatic nitrogens is 1. The number of hydrogen-bond acceptors (Lipinski definition) is 3. The third-order valence-electron chi connectivity index (χ3n) is 2.57. The van der Waals surface area contributed by atoms with Gasteiger partial charge in [-0.25, -0.2) is 8.78 Å². The zero-order chi connectivity index (χ0) is 14.7. The van der Waals surface area contributed by atoms with Crippen LogP contribution >= 0.6 is 15.9 Å². The smallest absolute Gasteiger partial charge is 0.251 e. The van der Waals surface area contributed by atoms with Crippen LogP contribution in [0.15, 0.2) is 35.1 Å². The third kappa shape index (κ3) is 3.30. The molecule has 4 nitrogen and oxygen atoms in total. The minimum atomic E-state index is -0.982. The van der Waals surface area contributed by atoms with E-state index in [-0.39, 0.29) is 17.8 Å². The minimum absolute atomic E-state index is 0.000163. The molecule has 7 heteroatoms. The maximum absolute atomic E-state index is 13.6. The van der Waals surface area contributed by atoms with Crippen molar-refractivity contribution in [3.63, 3.8) is 0 Å². The minimum Gasteiger partial charge on any atom is -0.379 e. The van der Waals surface area contributed by atoms with E-state index in [1.54, 1.807) is 18.5 Å². The van der Waals surface area contributed by atoms with Crippen molar-refractivity contribution in [1.82, 2.24) is 4.98 Å². The Balaban J connectivity index is 2.21. The molecule has 0 atom stereocenters. The summed E-state index contributed by atoms with van der Waals surface area (Å²) in [6.45, 7) is 0.271. The largest absolute Gasteiger partial charge is 0.379 e. The van der Waals surface area contributed by atoms with Crippen molar-refractivity contribution >= 4 is 27.5 Å². The van der Waals surface area contributed by atoms with Crippen LogP contribution in [-0.2, 0) is 6.54 Å². The van der Waals surface area contributed by atoms with Crippen LogP contribution in [0.3, 0.4) is 0 Å². The molecular weight excluding hydrogens is 332 g/mol. The van der Waals surface area contributed by atoms with E-state index in [0.717, 1.165) is 16.1 Å². The SMILES string of the molecule is NC(=O)c1cc(NCc2cncc(Br)c2)c(F)cc1F. The molecule has 0 spiro atoms. The lowest BCUT2D eigenvalue weighted by atomic mass is 10.1. The lowest BCUT2D eigenvalue weighted by Crippen LogP contribution is -2.14. The molecule has 2 rings (SSSR count). The fourth-order valence-corrected chi connectivity index (χ4v) is 2.04. The number of nitrogens with one attached hydrogen (secondary N) is 1. The van der Waals surface area contributed by atoms with Gasteiger partial charge < -0.3 is 11.1 Å². The number of hydrogen-bond donors (Lipinski definition) is 2. The van der Waals surface area contributed by atoms with E-state index in [1.807, 2.05) is 0 Å². The molecule has 104 valence electrons. The molecule has 0 saturated heterocycles. The molecule has 0 radical (unpaired) electrons. The summed E-state index contributed by atoms with van der Waals surface area (Å²) in [6, 6.07) is 3.48. The van der Waals surface area contributed by atoms with E-state index in [9.17, 15) is 13.6 Å². The van der Waals surface area contributed by atoms with Gasteiger partial charge in [-0.15, -0.1) is 0 Å². The zero-order valence-electron chi connectivity index (χ0n) is 10.2. The first kappa shape index (κ1) is 14.4. The van der Waals surface area contributed by atoms with Gasteiger partial charge in [0.05, 0.1) is 11.3 Å². The molecule has 1 aromatic heterocycles. The lowest BCUT2D eigenvalue weighted by Gasteiger charge is -2.09. The van der Waals surface area contributed by atoms with E-state index in [1.165, 1.54) is 0 Å². The van der Waals surface area contributed by atoms with Gasteiger partial charge in [0, 0.05) is 29.5 Å². The maximum atomic E-state index is 13.6. The predicted molar refractivity (Wildman–Crippen MR) is 74.1 cm³/mol. The Morgan fingerprint density at radius 2 is 2.00 bits per heavy atom. The fraction of sp³-hybridized carbons (Fsp3) is 0.0769. The van der Waals surface area contributed by atoms with E-state index in [2.05, 4.69) is 26.2 Å². The van der Waals surface area contributed by atoms with Gasteiger partial charge in [-0.05, 0) is 33.6 Å². The Hall–Kier alpha value is -2.02. The number of carbonyl (C=O) groups excluding carboxylic acids is 1. The molecule has 1 heterocycles. The van der Waals surface area contributed by atoms with Gasteiger partial charge in [0.15, 0.2) is 0 Å². The Kier molecular flexibility index (Phi) is 4.29. The summed E-state index contributed by atoms with van der Waals surface area (Å²) in [4.78, 5) is 15.0. The van der Waals surface area contributed by atoms with Gasteiger partial charge in [0.1, 0.15) is 11.6 Å². The first-order chi connectivity index (χ1) is 9.47. The first-order valence-corrected chi connectivity index (χ1v) is 6.39. The van der Waals surface area contributed by atoms with Crippen molar-refractivity contribution in [2.45, 2.75) is 6.54 Å². The van der Waals surface area contributed by atoms with Gasteiger partial charge in [0.25, 0.3) is 5.91 Å². The Morgan fingerprint density at radius 3 is 2.65 bits per heavy atom. The second-order valence-electron chi connectivity index (χ2n) is 4.04. The van der Waals surface area contributed by atoms with Crippen LogP contribution < -0.4 is 11.1 Å². The summed E-state index contributed by atoms with van der Waals surface area (Å²) in [6.07, 6.45) is 3.22. The molecule has 2 aromatic rings. The summed E-state index contributed by atoms with van der Waals surface area (Å²) in [5, 5.41) is 2.77. The highest BCUT2D eigenvalue weighted by molar-refractivity contribution is 9.10. The Bertz CT molecular complexity index is 664. The van der Waals surface area contributed by atoms with E-state index in [4.69, 9.17) is 5.73 Å². The zero-order valence-corrected chi connectivity index (χ0v) is 11.7. The summed E-state index contributed by atoms with van der Waals surface area (Å²) in [5.74, 6) is -2.73. The van der Waals surface area contributed by atoms with Crippen LogP contribution in [0.5, 0.6) is 0 Å². The molecular formula is C13H10BrF2N3O. The van der Waals surface area contributed by atoms with E-state index in [0.29, 0.717) is 6.07 Å².